The number of halogens is 1. The first-order valence-electron chi connectivity index (χ1n) is 9.32. The van der Waals surface area contributed by atoms with Crippen LogP contribution in [0, 0.1) is 11.7 Å². The molecule has 1 aliphatic heterocycles. The number of nitrogens with zero attached hydrogens (tertiary/aromatic N) is 4. The van der Waals surface area contributed by atoms with Crippen molar-refractivity contribution in [3.05, 3.63) is 72.6 Å². The number of amides is 1. The maximum atomic E-state index is 13.2. The molecule has 2 heterocycles. The Morgan fingerprint density at radius 3 is 2.79 bits per heavy atom. The lowest BCUT2D eigenvalue weighted by Crippen LogP contribution is -2.41. The van der Waals surface area contributed by atoms with Crippen molar-refractivity contribution in [3.8, 4) is 11.4 Å². The maximum absolute atomic E-state index is 13.2. The van der Waals surface area contributed by atoms with Crippen LogP contribution in [0.4, 0.5) is 4.39 Å². The third-order valence-corrected chi connectivity index (χ3v) is 4.91. The Balaban J connectivity index is 1.43. The Kier molecular flexibility index (Phi) is 5.32. The number of carbonyl (C=O) groups is 1. The average Bonchev–Trinajstić information content (AvgIpc) is 3.28. The molecule has 0 N–H and O–H groups in total. The Morgan fingerprint density at radius 1 is 1.18 bits per heavy atom. The molecular formula is C21H21FN4O2. The minimum Gasteiger partial charge on any atom is -0.493 e. The number of aromatic nitrogens is 3. The van der Waals surface area contributed by atoms with Crippen LogP contribution in [0.2, 0.25) is 0 Å². The van der Waals surface area contributed by atoms with E-state index in [1.165, 1.54) is 18.5 Å². The SMILES string of the molecule is O=C(c1ccccc1-n1cncn1)N1CCC[C@@H](COc2ccc(F)cc2)C1. The molecule has 144 valence electrons. The van der Waals surface area contributed by atoms with Crippen LogP contribution in [0.25, 0.3) is 5.69 Å². The predicted molar refractivity (Wildman–Crippen MR) is 102 cm³/mol. The second-order valence-electron chi connectivity index (χ2n) is 6.88. The maximum Gasteiger partial charge on any atom is 0.256 e. The number of rotatable bonds is 5. The van der Waals surface area contributed by atoms with Crippen LogP contribution in [-0.4, -0.2) is 45.3 Å². The van der Waals surface area contributed by atoms with E-state index in [0.29, 0.717) is 24.5 Å². The summed E-state index contributed by atoms with van der Waals surface area (Å²) in [6.07, 6.45) is 4.96. The van der Waals surface area contributed by atoms with Crippen molar-refractivity contribution >= 4 is 5.91 Å². The first kappa shape index (κ1) is 18.2. The van der Waals surface area contributed by atoms with Crippen LogP contribution < -0.4 is 4.74 Å². The van der Waals surface area contributed by atoms with E-state index in [4.69, 9.17) is 4.74 Å². The molecule has 1 saturated heterocycles. The van der Waals surface area contributed by atoms with Gasteiger partial charge in [-0.05, 0) is 49.2 Å². The minimum absolute atomic E-state index is 0.0161. The van der Waals surface area contributed by atoms with E-state index in [2.05, 4.69) is 10.1 Å². The zero-order valence-electron chi connectivity index (χ0n) is 15.4. The Hall–Kier alpha value is -3.22. The molecule has 6 nitrogen and oxygen atoms in total. The molecular weight excluding hydrogens is 359 g/mol. The van der Waals surface area contributed by atoms with Gasteiger partial charge in [-0.1, -0.05) is 12.1 Å². The molecule has 1 amide bonds. The van der Waals surface area contributed by atoms with Crippen molar-refractivity contribution in [1.82, 2.24) is 19.7 Å². The third-order valence-electron chi connectivity index (χ3n) is 4.91. The van der Waals surface area contributed by atoms with Gasteiger partial charge in [0.15, 0.2) is 0 Å². The molecule has 0 saturated carbocycles. The molecule has 0 spiro atoms. The van der Waals surface area contributed by atoms with Crippen LogP contribution in [0.15, 0.2) is 61.2 Å². The second-order valence-corrected chi connectivity index (χ2v) is 6.88. The van der Waals surface area contributed by atoms with E-state index in [1.54, 1.807) is 23.1 Å². The molecule has 1 aromatic heterocycles. The fourth-order valence-corrected chi connectivity index (χ4v) is 3.49. The highest BCUT2D eigenvalue weighted by Crippen LogP contribution is 2.22. The van der Waals surface area contributed by atoms with E-state index < -0.39 is 0 Å². The summed E-state index contributed by atoms with van der Waals surface area (Å²) in [6.45, 7) is 1.85. The van der Waals surface area contributed by atoms with Crippen molar-refractivity contribution in [2.75, 3.05) is 19.7 Å². The highest BCUT2D eigenvalue weighted by molar-refractivity contribution is 5.97. The van der Waals surface area contributed by atoms with Crippen molar-refractivity contribution in [3.63, 3.8) is 0 Å². The Labute approximate surface area is 162 Å². The number of benzene rings is 2. The average molecular weight is 380 g/mol. The molecule has 4 rings (SSSR count). The van der Waals surface area contributed by atoms with Crippen molar-refractivity contribution in [2.45, 2.75) is 12.8 Å². The lowest BCUT2D eigenvalue weighted by atomic mass is 9.98. The van der Waals surface area contributed by atoms with Crippen molar-refractivity contribution in [2.24, 2.45) is 5.92 Å². The Bertz CT molecular complexity index is 928. The van der Waals surface area contributed by atoms with E-state index in [-0.39, 0.29) is 17.6 Å². The highest BCUT2D eigenvalue weighted by atomic mass is 19.1. The zero-order chi connectivity index (χ0) is 19.3. The van der Waals surface area contributed by atoms with Crippen LogP contribution in [0.3, 0.4) is 0 Å². The minimum atomic E-state index is -0.284. The van der Waals surface area contributed by atoms with Crippen LogP contribution in [0.1, 0.15) is 23.2 Å². The van der Waals surface area contributed by atoms with Crippen LogP contribution in [-0.2, 0) is 0 Å². The molecule has 2 aromatic carbocycles. The summed E-state index contributed by atoms with van der Waals surface area (Å²) in [7, 11) is 0. The standard InChI is InChI=1S/C21H21FN4O2/c22-17-7-9-18(10-8-17)28-13-16-4-3-11-25(12-16)21(27)19-5-1-2-6-20(19)26-15-23-14-24-26/h1-2,5-10,14-16H,3-4,11-13H2/t16-/m1/s1. The number of para-hydroxylation sites is 1. The molecule has 1 atom stereocenters. The Morgan fingerprint density at radius 2 is 2.00 bits per heavy atom. The van der Waals surface area contributed by atoms with Gasteiger partial charge in [-0.15, -0.1) is 0 Å². The predicted octanol–water partition coefficient (Wildman–Crippen LogP) is 3.34. The fraction of sp³-hybridized carbons (Fsp3) is 0.286. The first-order valence-corrected chi connectivity index (χ1v) is 9.32. The summed E-state index contributed by atoms with van der Waals surface area (Å²) in [5, 5.41) is 4.15. The van der Waals surface area contributed by atoms with E-state index in [9.17, 15) is 9.18 Å². The topological polar surface area (TPSA) is 60.2 Å². The van der Waals surface area contributed by atoms with Gasteiger partial charge in [0, 0.05) is 19.0 Å². The van der Waals surface area contributed by atoms with Gasteiger partial charge < -0.3 is 9.64 Å². The number of hydrogen-bond acceptors (Lipinski definition) is 4. The van der Waals surface area contributed by atoms with Gasteiger partial charge in [0.05, 0.1) is 17.9 Å². The van der Waals surface area contributed by atoms with E-state index in [0.717, 1.165) is 25.1 Å². The van der Waals surface area contributed by atoms with Gasteiger partial charge in [0.2, 0.25) is 0 Å². The van der Waals surface area contributed by atoms with E-state index in [1.807, 2.05) is 29.2 Å². The summed E-state index contributed by atoms with van der Waals surface area (Å²) >= 11 is 0. The van der Waals surface area contributed by atoms with Crippen molar-refractivity contribution in [1.29, 1.82) is 0 Å². The number of ether oxygens (including phenoxy) is 1. The van der Waals surface area contributed by atoms with Gasteiger partial charge in [0.25, 0.3) is 5.91 Å². The molecule has 1 aliphatic rings. The number of hydrogen-bond donors (Lipinski definition) is 0. The van der Waals surface area contributed by atoms with Crippen LogP contribution in [0.5, 0.6) is 5.75 Å². The summed E-state index contributed by atoms with van der Waals surface area (Å²) in [5.74, 6) is 0.577. The third kappa shape index (κ3) is 4.03. The molecule has 28 heavy (non-hydrogen) atoms. The zero-order valence-corrected chi connectivity index (χ0v) is 15.4. The van der Waals surface area contributed by atoms with E-state index >= 15 is 0 Å². The summed E-state index contributed by atoms with van der Waals surface area (Å²) < 4.78 is 20.4. The molecule has 0 bridgehead atoms. The van der Waals surface area contributed by atoms with Crippen molar-refractivity contribution < 1.29 is 13.9 Å². The quantitative estimate of drug-likeness (QED) is 0.681. The molecule has 1 fully saturated rings. The lowest BCUT2D eigenvalue weighted by molar-refractivity contribution is 0.0633. The van der Waals surface area contributed by atoms with Gasteiger partial charge in [-0.25, -0.2) is 14.1 Å². The van der Waals surface area contributed by atoms with Gasteiger partial charge in [-0.3, -0.25) is 4.79 Å². The number of carbonyl (C=O) groups excluding carboxylic acids is 1. The molecule has 0 unspecified atom stereocenters. The summed E-state index contributed by atoms with van der Waals surface area (Å²) in [4.78, 5) is 19.0. The smallest absolute Gasteiger partial charge is 0.256 e. The number of likely N-dealkylation sites (tertiary alicyclic amines) is 1. The first-order chi connectivity index (χ1) is 13.7. The number of piperidine rings is 1. The molecule has 7 heteroatoms. The fourth-order valence-electron chi connectivity index (χ4n) is 3.49. The normalized spacial score (nSPS) is 16.8. The summed E-state index contributed by atoms with van der Waals surface area (Å²) in [5.41, 5.74) is 1.32. The van der Waals surface area contributed by atoms with Gasteiger partial charge in [0.1, 0.15) is 24.2 Å². The largest absolute Gasteiger partial charge is 0.493 e. The highest BCUT2D eigenvalue weighted by Gasteiger charge is 2.26. The van der Waals surface area contributed by atoms with Gasteiger partial charge >= 0.3 is 0 Å². The molecule has 0 aliphatic carbocycles. The van der Waals surface area contributed by atoms with Gasteiger partial charge in [-0.2, -0.15) is 5.10 Å². The molecule has 3 aromatic rings. The van der Waals surface area contributed by atoms with Crippen LogP contribution >= 0.6 is 0 Å². The molecule has 0 radical (unpaired) electrons. The summed E-state index contributed by atoms with van der Waals surface area (Å²) in [6, 6.07) is 13.4. The lowest BCUT2D eigenvalue weighted by Gasteiger charge is -2.33. The monoisotopic (exact) mass is 380 g/mol. The second kappa shape index (κ2) is 8.21.